The Morgan fingerprint density at radius 3 is 2.62 bits per heavy atom. The Morgan fingerprint density at radius 2 is 2.00 bits per heavy atom. The van der Waals surface area contributed by atoms with Gasteiger partial charge in [-0.2, -0.15) is 0 Å². The topological polar surface area (TPSA) is 33.6 Å². The first-order chi connectivity index (χ1) is 10.3. The fourth-order valence-electron chi connectivity index (χ4n) is 2.31. The van der Waals surface area contributed by atoms with Crippen LogP contribution in [0.25, 0.3) is 0 Å². The van der Waals surface area contributed by atoms with Crippen molar-refractivity contribution in [1.29, 1.82) is 0 Å². The summed E-state index contributed by atoms with van der Waals surface area (Å²) in [5.74, 6) is 2.13. The monoisotopic (exact) mass is 306 g/mol. The van der Waals surface area contributed by atoms with E-state index in [2.05, 4.69) is 19.2 Å². The molecule has 1 aliphatic heterocycles. The van der Waals surface area contributed by atoms with Gasteiger partial charge in [0, 0.05) is 18.8 Å². The molecule has 21 heavy (non-hydrogen) atoms. The second kappa shape index (κ2) is 8.32. The normalized spacial score (nSPS) is 17.1. The molecular formula is C17H26N2OS. The molecule has 0 fully saturated rings. The number of rotatable bonds is 7. The molecule has 116 valence electrons. The van der Waals surface area contributed by atoms with Crippen LogP contribution in [0.5, 0.6) is 5.75 Å². The molecule has 4 heteroatoms. The van der Waals surface area contributed by atoms with Crippen molar-refractivity contribution in [2.45, 2.75) is 33.1 Å². The van der Waals surface area contributed by atoms with Gasteiger partial charge in [-0.15, -0.1) is 0 Å². The van der Waals surface area contributed by atoms with Gasteiger partial charge in [-0.25, -0.2) is 0 Å². The van der Waals surface area contributed by atoms with Crippen LogP contribution in [0, 0.1) is 5.41 Å². The summed E-state index contributed by atoms with van der Waals surface area (Å²) in [4.78, 5) is 4.71. The minimum Gasteiger partial charge on any atom is -0.494 e. The Kier molecular flexibility index (Phi) is 6.43. The van der Waals surface area contributed by atoms with Crippen molar-refractivity contribution in [1.82, 2.24) is 5.32 Å². The summed E-state index contributed by atoms with van der Waals surface area (Å²) in [6.07, 6.45) is 3.43. The number of nitrogens with zero attached hydrogens (tertiary/aromatic N) is 1. The first kappa shape index (κ1) is 16.2. The number of hydrogen-bond acceptors (Lipinski definition) is 4. The van der Waals surface area contributed by atoms with Gasteiger partial charge in [0.25, 0.3) is 0 Å². The molecule has 0 atom stereocenters. The molecule has 0 spiro atoms. The number of nitrogens with one attached hydrogen (secondary N) is 1. The predicted molar refractivity (Wildman–Crippen MR) is 92.3 cm³/mol. The highest BCUT2D eigenvalue weighted by Crippen LogP contribution is 2.34. The molecule has 1 aromatic rings. The molecule has 0 bridgehead atoms. The van der Waals surface area contributed by atoms with E-state index in [9.17, 15) is 0 Å². The Bertz CT molecular complexity index is 443. The molecule has 0 saturated heterocycles. The lowest BCUT2D eigenvalue weighted by Gasteiger charge is -2.33. The molecule has 0 aromatic heterocycles. The number of aliphatic imine (C=N–C) groups is 1. The average Bonchev–Trinajstić information content (AvgIpc) is 2.56. The predicted octanol–water partition coefficient (Wildman–Crippen LogP) is 3.95. The Morgan fingerprint density at radius 1 is 1.24 bits per heavy atom. The maximum Gasteiger partial charge on any atom is 0.156 e. The van der Waals surface area contributed by atoms with Crippen LogP contribution in [0.15, 0.2) is 35.3 Å². The molecule has 1 N–H and O–H groups in total. The van der Waals surface area contributed by atoms with Crippen LogP contribution in [0.3, 0.4) is 0 Å². The van der Waals surface area contributed by atoms with Crippen LogP contribution in [0.1, 0.15) is 33.1 Å². The number of ether oxygens (including phenoxy) is 1. The summed E-state index contributed by atoms with van der Waals surface area (Å²) in [5.41, 5.74) is 0.423. The number of hydrogen-bond donors (Lipinski definition) is 1. The van der Waals surface area contributed by atoms with Crippen molar-refractivity contribution in [3.8, 4) is 5.75 Å². The van der Waals surface area contributed by atoms with Crippen LogP contribution >= 0.6 is 11.8 Å². The van der Waals surface area contributed by atoms with Gasteiger partial charge in [-0.1, -0.05) is 43.8 Å². The molecule has 0 aliphatic carbocycles. The zero-order valence-electron chi connectivity index (χ0n) is 13.1. The minimum absolute atomic E-state index is 0.423. The van der Waals surface area contributed by atoms with Gasteiger partial charge < -0.3 is 10.1 Å². The molecule has 3 nitrogen and oxygen atoms in total. The van der Waals surface area contributed by atoms with Gasteiger partial charge in [0.05, 0.1) is 6.61 Å². The smallest absolute Gasteiger partial charge is 0.156 e. The summed E-state index contributed by atoms with van der Waals surface area (Å²) in [7, 11) is 0. The van der Waals surface area contributed by atoms with E-state index in [0.717, 1.165) is 37.0 Å². The van der Waals surface area contributed by atoms with Crippen LogP contribution in [0.4, 0.5) is 0 Å². The third-order valence-corrected chi connectivity index (χ3v) is 5.49. The fourth-order valence-corrected chi connectivity index (χ4v) is 3.61. The zero-order chi connectivity index (χ0) is 15.0. The van der Waals surface area contributed by atoms with E-state index in [0.29, 0.717) is 5.41 Å². The van der Waals surface area contributed by atoms with E-state index >= 15 is 0 Å². The minimum atomic E-state index is 0.423. The molecule has 0 amide bonds. The highest BCUT2D eigenvalue weighted by atomic mass is 32.2. The van der Waals surface area contributed by atoms with Crippen LogP contribution in [0.2, 0.25) is 0 Å². The largest absolute Gasteiger partial charge is 0.494 e. The van der Waals surface area contributed by atoms with Crippen molar-refractivity contribution >= 4 is 16.9 Å². The maximum atomic E-state index is 5.68. The van der Waals surface area contributed by atoms with Gasteiger partial charge in [0.15, 0.2) is 5.17 Å². The van der Waals surface area contributed by atoms with Crippen LogP contribution in [-0.2, 0) is 0 Å². The molecule has 0 saturated carbocycles. The number of benzene rings is 1. The summed E-state index contributed by atoms with van der Waals surface area (Å²) >= 11 is 1.87. The van der Waals surface area contributed by atoms with Crippen molar-refractivity contribution in [3.63, 3.8) is 0 Å². The average molecular weight is 306 g/mol. The van der Waals surface area contributed by atoms with Crippen LogP contribution < -0.4 is 10.1 Å². The Labute approximate surface area is 132 Å². The van der Waals surface area contributed by atoms with E-state index in [-0.39, 0.29) is 0 Å². The Balaban J connectivity index is 1.62. The number of thioether (sulfide) groups is 1. The third kappa shape index (κ3) is 4.95. The summed E-state index contributed by atoms with van der Waals surface area (Å²) < 4.78 is 5.68. The lowest BCUT2D eigenvalue weighted by molar-refractivity contribution is 0.310. The molecular weight excluding hydrogens is 280 g/mol. The van der Waals surface area contributed by atoms with Gasteiger partial charge in [-0.3, -0.25) is 4.99 Å². The van der Waals surface area contributed by atoms with Gasteiger partial charge in [0.2, 0.25) is 0 Å². The van der Waals surface area contributed by atoms with E-state index in [4.69, 9.17) is 9.73 Å². The van der Waals surface area contributed by atoms with Gasteiger partial charge in [0.1, 0.15) is 5.75 Å². The molecule has 0 unspecified atom stereocenters. The van der Waals surface area contributed by atoms with Gasteiger partial charge >= 0.3 is 0 Å². The molecule has 1 aliphatic rings. The highest BCUT2D eigenvalue weighted by Gasteiger charge is 2.29. The van der Waals surface area contributed by atoms with E-state index < -0.39 is 0 Å². The first-order valence-corrected chi connectivity index (χ1v) is 8.85. The van der Waals surface area contributed by atoms with Crippen molar-refractivity contribution in [2.24, 2.45) is 10.4 Å². The van der Waals surface area contributed by atoms with Gasteiger partial charge in [-0.05, 0) is 36.8 Å². The second-order valence-electron chi connectivity index (χ2n) is 5.56. The van der Waals surface area contributed by atoms with Crippen LogP contribution in [-0.4, -0.2) is 30.6 Å². The standard InChI is InChI=1S/C17H26N2OS/c1-3-17(4-2)13-19-16(21-14-17)18-11-8-12-20-15-9-6-5-7-10-15/h5-7,9-10H,3-4,8,11-14H2,1-2H3,(H,18,19). The SMILES string of the molecule is CCC1(CC)CN=C(NCCCOc2ccccc2)SC1. The highest BCUT2D eigenvalue weighted by molar-refractivity contribution is 8.13. The summed E-state index contributed by atoms with van der Waals surface area (Å²) in [5, 5.41) is 4.53. The van der Waals surface area contributed by atoms with Crippen molar-refractivity contribution < 1.29 is 4.74 Å². The lowest BCUT2D eigenvalue weighted by atomic mass is 9.84. The lowest BCUT2D eigenvalue weighted by Crippen LogP contribution is -2.35. The fraction of sp³-hybridized carbons (Fsp3) is 0.588. The summed E-state index contributed by atoms with van der Waals surface area (Å²) in [6.45, 7) is 7.18. The van der Waals surface area contributed by atoms with E-state index in [1.807, 2.05) is 42.1 Å². The van der Waals surface area contributed by atoms with Crippen molar-refractivity contribution in [2.75, 3.05) is 25.4 Å². The first-order valence-electron chi connectivity index (χ1n) is 7.87. The van der Waals surface area contributed by atoms with E-state index in [1.54, 1.807) is 0 Å². The summed E-state index contributed by atoms with van der Waals surface area (Å²) in [6, 6.07) is 9.97. The molecule has 1 aromatic carbocycles. The quantitative estimate of drug-likeness (QED) is 0.774. The third-order valence-electron chi connectivity index (χ3n) is 4.18. The zero-order valence-corrected chi connectivity index (χ0v) is 13.9. The number of para-hydroxylation sites is 1. The van der Waals surface area contributed by atoms with Crippen molar-refractivity contribution in [3.05, 3.63) is 30.3 Å². The Hall–Kier alpha value is -1.16. The molecule has 2 rings (SSSR count). The molecule has 1 heterocycles. The maximum absolute atomic E-state index is 5.68. The second-order valence-corrected chi connectivity index (χ2v) is 6.52. The number of amidine groups is 1. The van der Waals surface area contributed by atoms with E-state index in [1.165, 1.54) is 18.6 Å². The molecule has 0 radical (unpaired) electrons.